The molecule has 0 radical (unpaired) electrons. The maximum absolute atomic E-state index is 12.6. The topological polar surface area (TPSA) is 53.5 Å². The number of thiazole rings is 1. The van der Waals surface area contributed by atoms with Crippen LogP contribution in [0.25, 0.3) is 0 Å². The SMILES string of the molecule is Cc1nc(C)c(C(=O)N2CCN(C(=O)c3ccccc3)CC2)s1. The van der Waals surface area contributed by atoms with Gasteiger partial charge in [0.15, 0.2) is 0 Å². The van der Waals surface area contributed by atoms with Gasteiger partial charge < -0.3 is 9.80 Å². The Balaban J connectivity index is 1.63. The van der Waals surface area contributed by atoms with Gasteiger partial charge in [-0.2, -0.15) is 0 Å². The van der Waals surface area contributed by atoms with Crippen LogP contribution in [0.2, 0.25) is 0 Å². The summed E-state index contributed by atoms with van der Waals surface area (Å²) >= 11 is 1.44. The standard InChI is InChI=1S/C17H19N3O2S/c1-12-15(23-13(2)18-12)17(22)20-10-8-19(9-11-20)16(21)14-6-4-3-5-7-14/h3-7H,8-11H2,1-2H3. The molecule has 3 rings (SSSR count). The molecule has 1 saturated heterocycles. The number of amides is 2. The fourth-order valence-corrected chi connectivity index (χ4v) is 3.64. The molecule has 2 heterocycles. The molecule has 2 aromatic rings. The van der Waals surface area contributed by atoms with Gasteiger partial charge in [0, 0.05) is 31.7 Å². The maximum atomic E-state index is 12.6. The fourth-order valence-electron chi connectivity index (χ4n) is 2.75. The van der Waals surface area contributed by atoms with Gasteiger partial charge in [-0.25, -0.2) is 4.98 Å². The Kier molecular flexibility index (Phi) is 4.43. The van der Waals surface area contributed by atoms with Gasteiger partial charge in [-0.15, -0.1) is 11.3 Å². The maximum Gasteiger partial charge on any atom is 0.265 e. The van der Waals surface area contributed by atoms with Crippen LogP contribution >= 0.6 is 11.3 Å². The first-order chi connectivity index (χ1) is 11.1. The predicted octanol–water partition coefficient (Wildman–Crippen LogP) is 2.36. The van der Waals surface area contributed by atoms with Crippen molar-refractivity contribution in [1.29, 1.82) is 0 Å². The minimum Gasteiger partial charge on any atom is -0.335 e. The predicted molar refractivity (Wildman–Crippen MR) is 89.8 cm³/mol. The molecule has 1 fully saturated rings. The number of piperazine rings is 1. The first kappa shape index (κ1) is 15.7. The van der Waals surface area contributed by atoms with Crippen LogP contribution in [-0.4, -0.2) is 52.8 Å². The van der Waals surface area contributed by atoms with Gasteiger partial charge in [0.2, 0.25) is 0 Å². The molecule has 0 spiro atoms. The van der Waals surface area contributed by atoms with Gasteiger partial charge in [0.1, 0.15) is 4.88 Å². The lowest BCUT2D eigenvalue weighted by Gasteiger charge is -2.34. The summed E-state index contributed by atoms with van der Waals surface area (Å²) in [7, 11) is 0. The zero-order chi connectivity index (χ0) is 16.4. The molecular weight excluding hydrogens is 310 g/mol. The Bertz CT molecular complexity index is 719. The number of carbonyl (C=O) groups excluding carboxylic acids is 2. The summed E-state index contributed by atoms with van der Waals surface area (Å²) in [5.74, 6) is 0.0578. The highest BCUT2D eigenvalue weighted by molar-refractivity contribution is 7.13. The van der Waals surface area contributed by atoms with Crippen molar-refractivity contribution in [1.82, 2.24) is 14.8 Å². The largest absolute Gasteiger partial charge is 0.335 e. The molecule has 120 valence electrons. The minimum atomic E-state index is 0.0277. The first-order valence-electron chi connectivity index (χ1n) is 7.64. The van der Waals surface area contributed by atoms with E-state index in [1.54, 1.807) is 0 Å². The van der Waals surface area contributed by atoms with Crippen molar-refractivity contribution in [3.8, 4) is 0 Å². The summed E-state index contributed by atoms with van der Waals surface area (Å²) in [6.45, 7) is 6.03. The van der Waals surface area contributed by atoms with Crippen molar-refractivity contribution < 1.29 is 9.59 Å². The van der Waals surface area contributed by atoms with Crippen LogP contribution in [0.1, 0.15) is 30.7 Å². The first-order valence-corrected chi connectivity index (χ1v) is 8.45. The molecule has 1 aliphatic rings. The van der Waals surface area contributed by atoms with Crippen molar-refractivity contribution in [2.24, 2.45) is 0 Å². The Morgan fingerprint density at radius 2 is 1.52 bits per heavy atom. The van der Waals surface area contributed by atoms with Crippen LogP contribution in [0.5, 0.6) is 0 Å². The molecular formula is C17H19N3O2S. The summed E-state index contributed by atoms with van der Waals surface area (Å²) in [6.07, 6.45) is 0. The lowest BCUT2D eigenvalue weighted by molar-refractivity contribution is 0.0537. The summed E-state index contributed by atoms with van der Waals surface area (Å²) in [4.78, 5) is 33.6. The van der Waals surface area contributed by atoms with E-state index >= 15 is 0 Å². The van der Waals surface area contributed by atoms with E-state index < -0.39 is 0 Å². The van der Waals surface area contributed by atoms with Crippen LogP contribution in [0, 0.1) is 13.8 Å². The van der Waals surface area contributed by atoms with E-state index in [9.17, 15) is 9.59 Å². The number of hydrogen-bond donors (Lipinski definition) is 0. The molecule has 6 heteroatoms. The zero-order valence-corrected chi connectivity index (χ0v) is 14.1. The molecule has 1 aliphatic heterocycles. The Morgan fingerprint density at radius 1 is 0.957 bits per heavy atom. The summed E-state index contributed by atoms with van der Waals surface area (Å²) in [6, 6.07) is 9.27. The minimum absolute atomic E-state index is 0.0277. The smallest absolute Gasteiger partial charge is 0.265 e. The Labute approximate surface area is 139 Å². The van der Waals surface area contributed by atoms with Crippen molar-refractivity contribution in [3.05, 3.63) is 51.5 Å². The number of aromatic nitrogens is 1. The molecule has 0 unspecified atom stereocenters. The monoisotopic (exact) mass is 329 g/mol. The van der Waals surface area contributed by atoms with Crippen molar-refractivity contribution in [2.45, 2.75) is 13.8 Å². The third-order valence-corrected chi connectivity index (χ3v) is 5.03. The van der Waals surface area contributed by atoms with E-state index in [-0.39, 0.29) is 11.8 Å². The molecule has 23 heavy (non-hydrogen) atoms. The molecule has 2 amide bonds. The second kappa shape index (κ2) is 6.50. The third kappa shape index (κ3) is 3.27. The highest BCUT2D eigenvalue weighted by Crippen LogP contribution is 2.20. The average molecular weight is 329 g/mol. The molecule has 5 nitrogen and oxygen atoms in total. The Hall–Kier alpha value is -2.21. The van der Waals surface area contributed by atoms with Crippen molar-refractivity contribution in [3.63, 3.8) is 0 Å². The van der Waals surface area contributed by atoms with Crippen molar-refractivity contribution in [2.75, 3.05) is 26.2 Å². The molecule has 0 aliphatic carbocycles. The van der Waals surface area contributed by atoms with Crippen molar-refractivity contribution >= 4 is 23.2 Å². The number of aryl methyl sites for hydroxylation is 2. The van der Waals surface area contributed by atoms with E-state index in [2.05, 4.69) is 4.98 Å². The summed E-state index contributed by atoms with van der Waals surface area (Å²) in [5.41, 5.74) is 1.49. The molecule has 0 N–H and O–H groups in total. The number of rotatable bonds is 2. The lowest BCUT2D eigenvalue weighted by atomic mass is 10.2. The van der Waals surface area contributed by atoms with E-state index in [0.717, 1.165) is 10.7 Å². The summed E-state index contributed by atoms with van der Waals surface area (Å²) in [5, 5.41) is 0.906. The summed E-state index contributed by atoms with van der Waals surface area (Å²) < 4.78 is 0. The normalized spacial score (nSPS) is 14.9. The number of benzene rings is 1. The third-order valence-electron chi connectivity index (χ3n) is 3.97. The molecule has 0 bridgehead atoms. The van der Waals surface area contributed by atoms with Crippen LogP contribution < -0.4 is 0 Å². The fraction of sp³-hybridized carbons (Fsp3) is 0.353. The highest BCUT2D eigenvalue weighted by atomic mass is 32.1. The quantitative estimate of drug-likeness (QED) is 0.850. The van der Waals surface area contributed by atoms with Crippen LogP contribution in [0.15, 0.2) is 30.3 Å². The molecule has 0 saturated carbocycles. The van der Waals surface area contributed by atoms with Crippen LogP contribution in [-0.2, 0) is 0 Å². The van der Waals surface area contributed by atoms with Crippen LogP contribution in [0.3, 0.4) is 0 Å². The lowest BCUT2D eigenvalue weighted by Crippen LogP contribution is -2.50. The Morgan fingerprint density at radius 3 is 2.04 bits per heavy atom. The number of carbonyl (C=O) groups is 2. The second-order valence-electron chi connectivity index (χ2n) is 5.60. The average Bonchev–Trinajstić information content (AvgIpc) is 2.93. The van der Waals surface area contributed by atoms with Gasteiger partial charge in [-0.1, -0.05) is 18.2 Å². The number of nitrogens with zero attached hydrogens (tertiary/aromatic N) is 3. The molecule has 1 aromatic heterocycles. The van der Waals surface area contributed by atoms with Gasteiger partial charge >= 0.3 is 0 Å². The number of hydrogen-bond acceptors (Lipinski definition) is 4. The van der Waals surface area contributed by atoms with Gasteiger partial charge in [0.05, 0.1) is 10.7 Å². The van der Waals surface area contributed by atoms with E-state index in [4.69, 9.17) is 0 Å². The van der Waals surface area contributed by atoms with Gasteiger partial charge in [0.25, 0.3) is 11.8 Å². The molecule has 1 aromatic carbocycles. The second-order valence-corrected chi connectivity index (χ2v) is 6.80. The van der Waals surface area contributed by atoms with Crippen LogP contribution in [0.4, 0.5) is 0 Å². The van der Waals surface area contributed by atoms with E-state index in [1.807, 2.05) is 54.0 Å². The van der Waals surface area contributed by atoms with Gasteiger partial charge in [-0.3, -0.25) is 9.59 Å². The van der Waals surface area contributed by atoms with E-state index in [1.165, 1.54) is 11.3 Å². The van der Waals surface area contributed by atoms with Gasteiger partial charge in [-0.05, 0) is 26.0 Å². The molecule has 0 atom stereocenters. The highest BCUT2D eigenvalue weighted by Gasteiger charge is 2.27. The zero-order valence-electron chi connectivity index (χ0n) is 13.3. The van der Waals surface area contributed by atoms with E-state index in [0.29, 0.717) is 36.6 Å².